The molecular formula is C17H25NO2W. The van der Waals surface area contributed by atoms with Gasteiger partial charge in [0.1, 0.15) is 0 Å². The molecule has 1 amide bonds. The minimum absolute atomic E-state index is 0. The average Bonchev–Trinajstić information content (AvgIpc) is 2.28. The van der Waals surface area contributed by atoms with Gasteiger partial charge in [0.2, 0.25) is 0 Å². The SMILES string of the molecule is [CH2-]C(=O)Nc1ccc(C(C)=O)cc1.[CH2-]CCC(C)(C)C.[W+2]. The molecule has 0 radical (unpaired) electrons. The monoisotopic (exact) mass is 459 g/mol. The van der Waals surface area contributed by atoms with Gasteiger partial charge < -0.3 is 24.0 Å². The van der Waals surface area contributed by atoms with Crippen molar-refractivity contribution in [3.8, 4) is 0 Å². The number of amides is 1. The van der Waals surface area contributed by atoms with Crippen LogP contribution in [0.2, 0.25) is 0 Å². The van der Waals surface area contributed by atoms with Gasteiger partial charge in [-0.2, -0.15) is 6.42 Å². The van der Waals surface area contributed by atoms with Crippen molar-refractivity contribution in [1.82, 2.24) is 0 Å². The molecule has 3 nitrogen and oxygen atoms in total. The van der Waals surface area contributed by atoms with Crippen molar-refractivity contribution in [2.45, 2.75) is 40.5 Å². The van der Waals surface area contributed by atoms with Gasteiger partial charge in [-0.15, -0.1) is 0 Å². The third-order valence-corrected chi connectivity index (χ3v) is 2.50. The third-order valence-electron chi connectivity index (χ3n) is 2.50. The minimum Gasteiger partial charge on any atom is -0.351 e. The van der Waals surface area contributed by atoms with Gasteiger partial charge in [-0.05, 0) is 36.6 Å². The first kappa shape index (κ1) is 22.2. The molecule has 0 aliphatic rings. The third kappa shape index (κ3) is 12.4. The van der Waals surface area contributed by atoms with Gasteiger partial charge in [0.05, 0.1) is 5.91 Å². The Bertz CT molecular complexity index is 433. The van der Waals surface area contributed by atoms with Crippen molar-refractivity contribution in [3.63, 3.8) is 0 Å². The maximum Gasteiger partial charge on any atom is 2.00 e. The molecule has 0 saturated carbocycles. The molecule has 0 fully saturated rings. The molecule has 1 rings (SSSR count). The fourth-order valence-electron chi connectivity index (χ4n) is 1.48. The van der Waals surface area contributed by atoms with E-state index in [0.29, 0.717) is 16.7 Å². The van der Waals surface area contributed by atoms with Gasteiger partial charge in [-0.3, -0.25) is 4.79 Å². The molecule has 0 heterocycles. The normalized spacial score (nSPS) is 9.76. The second-order valence-corrected chi connectivity index (χ2v) is 5.85. The number of anilines is 1. The Balaban J connectivity index is 0. The summed E-state index contributed by atoms with van der Waals surface area (Å²) >= 11 is 0. The molecule has 0 aliphatic carbocycles. The van der Waals surface area contributed by atoms with Crippen LogP contribution < -0.4 is 5.32 Å². The van der Waals surface area contributed by atoms with E-state index >= 15 is 0 Å². The molecule has 0 aliphatic heterocycles. The quantitative estimate of drug-likeness (QED) is 0.541. The summed E-state index contributed by atoms with van der Waals surface area (Å²) in [4.78, 5) is 21.4. The van der Waals surface area contributed by atoms with Crippen molar-refractivity contribution in [2.75, 3.05) is 5.32 Å². The molecule has 4 heteroatoms. The molecule has 0 aromatic heterocycles. The van der Waals surface area contributed by atoms with Crippen molar-refractivity contribution in [2.24, 2.45) is 5.41 Å². The zero-order valence-electron chi connectivity index (χ0n) is 13.4. The van der Waals surface area contributed by atoms with Crippen LogP contribution in [0, 0.1) is 19.3 Å². The van der Waals surface area contributed by atoms with Crippen LogP contribution in [0.3, 0.4) is 0 Å². The van der Waals surface area contributed by atoms with Crippen LogP contribution in [0.4, 0.5) is 5.69 Å². The first-order valence-electron chi connectivity index (χ1n) is 6.69. The Labute approximate surface area is 143 Å². The smallest absolute Gasteiger partial charge is 0.351 e. The number of ketones is 1. The fourth-order valence-corrected chi connectivity index (χ4v) is 1.48. The maximum atomic E-state index is 10.9. The van der Waals surface area contributed by atoms with E-state index in [0.717, 1.165) is 6.42 Å². The topological polar surface area (TPSA) is 46.2 Å². The average molecular weight is 459 g/mol. The first-order valence-corrected chi connectivity index (χ1v) is 6.69. The molecule has 0 bridgehead atoms. The number of benzene rings is 1. The Hall–Kier alpha value is -1.08. The van der Waals surface area contributed by atoms with Crippen molar-refractivity contribution >= 4 is 17.4 Å². The number of carbonyl (C=O) groups is 2. The minimum atomic E-state index is -0.365. The summed E-state index contributed by atoms with van der Waals surface area (Å²) in [6, 6.07) is 6.65. The van der Waals surface area contributed by atoms with Crippen LogP contribution in [-0.2, 0) is 25.9 Å². The summed E-state index contributed by atoms with van der Waals surface area (Å²) in [6.07, 6.45) is 2.29. The maximum absolute atomic E-state index is 10.9. The summed E-state index contributed by atoms with van der Waals surface area (Å²) in [6.45, 7) is 15.1. The van der Waals surface area contributed by atoms with E-state index < -0.39 is 0 Å². The molecule has 1 N–H and O–H groups in total. The van der Waals surface area contributed by atoms with E-state index in [9.17, 15) is 9.59 Å². The van der Waals surface area contributed by atoms with E-state index in [2.05, 4.69) is 39.9 Å². The molecule has 116 valence electrons. The second kappa shape index (κ2) is 10.6. The standard InChI is InChI=1S/C10H10NO2.C7H15.W/c1-7(12)9-3-5-10(6-4-9)11-8(2)13;1-5-6-7(2,3)4;/h3-6H,2H2,1H3,(H,11,13);1,5-6H2,2-4H3;/q2*-1;+2. The number of carbonyl (C=O) groups excluding carboxylic acids is 2. The van der Waals surface area contributed by atoms with Crippen LogP contribution in [0.1, 0.15) is 50.9 Å². The summed E-state index contributed by atoms with van der Waals surface area (Å²) in [5, 5.41) is 2.51. The number of rotatable bonds is 3. The number of hydrogen-bond donors (Lipinski definition) is 1. The van der Waals surface area contributed by atoms with Crippen molar-refractivity contribution < 1.29 is 30.7 Å². The van der Waals surface area contributed by atoms with E-state index in [-0.39, 0.29) is 32.8 Å². The first-order chi connectivity index (χ1) is 9.15. The van der Waals surface area contributed by atoms with Crippen LogP contribution >= 0.6 is 0 Å². The number of hydrogen-bond acceptors (Lipinski definition) is 2. The van der Waals surface area contributed by atoms with E-state index in [1.54, 1.807) is 24.3 Å². The van der Waals surface area contributed by atoms with Crippen molar-refractivity contribution in [3.05, 3.63) is 43.7 Å². The summed E-state index contributed by atoms with van der Waals surface area (Å²) in [5.41, 5.74) is 1.76. The van der Waals surface area contributed by atoms with Gasteiger partial charge >= 0.3 is 21.1 Å². The van der Waals surface area contributed by atoms with Gasteiger partial charge in [-0.25, -0.2) is 0 Å². The second-order valence-electron chi connectivity index (χ2n) is 5.85. The molecule has 0 saturated heterocycles. The fraction of sp³-hybridized carbons (Fsp3) is 0.412. The predicted octanol–water partition coefficient (Wildman–Crippen LogP) is 4.31. The zero-order chi connectivity index (χ0) is 15.8. The zero-order valence-corrected chi connectivity index (χ0v) is 16.3. The van der Waals surface area contributed by atoms with Gasteiger partial charge in [0.15, 0.2) is 5.78 Å². The molecular weight excluding hydrogens is 434 g/mol. The van der Waals surface area contributed by atoms with E-state index in [1.165, 1.54) is 13.3 Å². The Morgan fingerprint density at radius 2 is 1.62 bits per heavy atom. The number of Topliss-reactive ketones (excluding diaryl/α,β-unsaturated/α-hetero) is 1. The molecule has 1 aromatic carbocycles. The summed E-state index contributed by atoms with van der Waals surface area (Å²) < 4.78 is 0. The molecule has 1 aromatic rings. The van der Waals surface area contributed by atoms with Crippen LogP contribution in [-0.4, -0.2) is 11.7 Å². The Morgan fingerprint density at radius 3 is 1.86 bits per heavy atom. The molecule has 21 heavy (non-hydrogen) atoms. The van der Waals surface area contributed by atoms with E-state index in [1.807, 2.05) is 0 Å². The van der Waals surface area contributed by atoms with E-state index in [4.69, 9.17) is 0 Å². The van der Waals surface area contributed by atoms with Crippen molar-refractivity contribution in [1.29, 1.82) is 0 Å². The molecule has 0 atom stereocenters. The van der Waals surface area contributed by atoms with Gasteiger partial charge in [0.25, 0.3) is 0 Å². The van der Waals surface area contributed by atoms with Crippen LogP contribution in [0.25, 0.3) is 0 Å². The number of nitrogens with one attached hydrogen (secondary N) is 1. The van der Waals surface area contributed by atoms with Crippen LogP contribution in [0.15, 0.2) is 24.3 Å². The summed E-state index contributed by atoms with van der Waals surface area (Å²) in [7, 11) is 0. The van der Waals surface area contributed by atoms with Gasteiger partial charge in [-0.1, -0.05) is 27.2 Å². The van der Waals surface area contributed by atoms with Gasteiger partial charge in [0, 0.05) is 11.3 Å². The Morgan fingerprint density at radius 1 is 1.14 bits per heavy atom. The molecule has 0 spiro atoms. The largest absolute Gasteiger partial charge is 2.00 e. The van der Waals surface area contributed by atoms with Crippen LogP contribution in [0.5, 0.6) is 0 Å². The predicted molar refractivity (Wildman–Crippen MR) is 84.5 cm³/mol. The molecule has 0 unspecified atom stereocenters. The Kier molecular flexibility index (Phi) is 11.2. The summed E-state index contributed by atoms with van der Waals surface area (Å²) in [5.74, 6) is -0.358.